The van der Waals surface area contributed by atoms with Crippen molar-refractivity contribution in [3.8, 4) is 0 Å². The Morgan fingerprint density at radius 1 is 0.917 bits per heavy atom. The topological polar surface area (TPSA) is 49.4 Å². The summed E-state index contributed by atoms with van der Waals surface area (Å²) in [6, 6.07) is 22.5. The van der Waals surface area contributed by atoms with Crippen LogP contribution in [0.25, 0.3) is 0 Å². The molecule has 6 heteroatoms. The Bertz CT molecular complexity index is 1170. The van der Waals surface area contributed by atoms with Crippen molar-refractivity contribution in [3.63, 3.8) is 0 Å². The van der Waals surface area contributed by atoms with Crippen LogP contribution in [0.4, 0.5) is 0 Å². The highest BCUT2D eigenvalue weighted by atomic mass is 35.5. The smallest absolute Gasteiger partial charge is 0.243 e. The molecule has 1 saturated carbocycles. The minimum Gasteiger partial charge on any atom is -0.352 e. The van der Waals surface area contributed by atoms with Gasteiger partial charge in [-0.2, -0.15) is 0 Å². The van der Waals surface area contributed by atoms with Crippen LogP contribution in [0.5, 0.6) is 0 Å². The molecule has 1 aliphatic carbocycles. The van der Waals surface area contributed by atoms with Crippen LogP contribution in [0.1, 0.15) is 47.9 Å². The zero-order valence-electron chi connectivity index (χ0n) is 20.6. The van der Waals surface area contributed by atoms with Gasteiger partial charge in [-0.3, -0.25) is 9.59 Å². The van der Waals surface area contributed by atoms with Crippen LogP contribution in [-0.4, -0.2) is 28.8 Å². The molecule has 0 radical (unpaired) electrons. The highest BCUT2D eigenvalue weighted by Gasteiger charge is 2.33. The number of hydrogen-bond donors (Lipinski definition) is 1. The molecular formula is C30H32Cl2N2O2. The lowest BCUT2D eigenvalue weighted by Crippen LogP contribution is -2.52. The molecule has 188 valence electrons. The Morgan fingerprint density at radius 2 is 1.56 bits per heavy atom. The Labute approximate surface area is 223 Å². The maximum Gasteiger partial charge on any atom is 0.243 e. The Hall–Kier alpha value is -2.82. The standard InChI is InChI=1S/C30H32Cl2N2O2/c1-21-9-7-12-23(17-21)19-29(35)34(20-25-26(31)15-8-16-27(25)32)28(18-22-10-3-2-4-11-22)30(36)33-24-13-5-6-14-24/h2-4,7-12,15-17,24,28H,5-6,13-14,18-20H2,1H3,(H,33,36)/t28-/m0/s1. The molecule has 3 aromatic rings. The van der Waals surface area contributed by atoms with Crippen molar-refractivity contribution in [3.05, 3.63) is 105 Å². The van der Waals surface area contributed by atoms with Crippen LogP contribution in [-0.2, 0) is 29.0 Å². The number of halogens is 2. The lowest BCUT2D eigenvalue weighted by Gasteiger charge is -2.33. The monoisotopic (exact) mass is 522 g/mol. The van der Waals surface area contributed by atoms with Crippen molar-refractivity contribution < 1.29 is 9.59 Å². The fourth-order valence-corrected chi connectivity index (χ4v) is 5.39. The first-order valence-corrected chi connectivity index (χ1v) is 13.3. The van der Waals surface area contributed by atoms with Gasteiger partial charge in [0.2, 0.25) is 11.8 Å². The normalized spacial score (nSPS) is 14.4. The fourth-order valence-electron chi connectivity index (χ4n) is 4.87. The molecule has 3 aromatic carbocycles. The van der Waals surface area contributed by atoms with Gasteiger partial charge in [0.05, 0.1) is 6.42 Å². The summed E-state index contributed by atoms with van der Waals surface area (Å²) in [6.07, 6.45) is 4.75. The second kappa shape index (κ2) is 12.4. The number of aryl methyl sites for hydroxylation is 1. The Balaban J connectivity index is 1.70. The van der Waals surface area contributed by atoms with E-state index in [1.165, 1.54) is 0 Å². The van der Waals surface area contributed by atoms with Crippen LogP contribution in [0.2, 0.25) is 10.0 Å². The molecule has 0 aromatic heterocycles. The maximum absolute atomic E-state index is 13.9. The lowest BCUT2D eigenvalue weighted by molar-refractivity contribution is -0.141. The lowest BCUT2D eigenvalue weighted by atomic mass is 10.0. The zero-order valence-corrected chi connectivity index (χ0v) is 22.1. The summed E-state index contributed by atoms with van der Waals surface area (Å²) in [5.74, 6) is -0.273. The van der Waals surface area contributed by atoms with E-state index in [4.69, 9.17) is 23.2 Å². The van der Waals surface area contributed by atoms with Crippen molar-refractivity contribution in [2.45, 2.75) is 64.1 Å². The van der Waals surface area contributed by atoms with Gasteiger partial charge in [-0.25, -0.2) is 0 Å². The van der Waals surface area contributed by atoms with E-state index in [1.54, 1.807) is 23.1 Å². The summed E-state index contributed by atoms with van der Waals surface area (Å²) in [4.78, 5) is 29.3. The summed E-state index contributed by atoms with van der Waals surface area (Å²) in [7, 11) is 0. The van der Waals surface area contributed by atoms with Gasteiger partial charge in [-0.1, -0.05) is 102 Å². The first-order valence-electron chi connectivity index (χ1n) is 12.5. The average Bonchev–Trinajstić information content (AvgIpc) is 3.36. The third kappa shape index (κ3) is 6.89. The molecule has 0 aliphatic heterocycles. The van der Waals surface area contributed by atoms with Crippen molar-refractivity contribution in [1.29, 1.82) is 0 Å². The molecule has 0 saturated heterocycles. The largest absolute Gasteiger partial charge is 0.352 e. The van der Waals surface area contributed by atoms with Gasteiger partial charge in [0.25, 0.3) is 0 Å². The van der Waals surface area contributed by atoms with Crippen molar-refractivity contribution in [2.24, 2.45) is 0 Å². The van der Waals surface area contributed by atoms with E-state index < -0.39 is 6.04 Å². The van der Waals surface area contributed by atoms with E-state index in [1.807, 2.05) is 61.5 Å². The maximum atomic E-state index is 13.9. The number of amides is 2. The minimum absolute atomic E-state index is 0.133. The van der Waals surface area contributed by atoms with Gasteiger partial charge in [0, 0.05) is 34.6 Å². The summed E-state index contributed by atoms with van der Waals surface area (Å²) >= 11 is 13.0. The van der Waals surface area contributed by atoms with Gasteiger partial charge in [0.1, 0.15) is 6.04 Å². The summed E-state index contributed by atoms with van der Waals surface area (Å²) in [5.41, 5.74) is 3.62. The highest BCUT2D eigenvalue weighted by molar-refractivity contribution is 6.36. The summed E-state index contributed by atoms with van der Waals surface area (Å²) in [6.45, 7) is 2.15. The second-order valence-corrected chi connectivity index (χ2v) is 10.4. The third-order valence-corrected chi connectivity index (χ3v) is 7.51. The van der Waals surface area contributed by atoms with Gasteiger partial charge in [0.15, 0.2) is 0 Å². The molecule has 1 atom stereocenters. The third-order valence-electron chi connectivity index (χ3n) is 6.80. The molecule has 1 N–H and O–H groups in total. The van der Waals surface area contributed by atoms with Crippen LogP contribution >= 0.6 is 23.2 Å². The number of nitrogens with zero attached hydrogens (tertiary/aromatic N) is 1. The first-order chi connectivity index (χ1) is 17.4. The zero-order chi connectivity index (χ0) is 25.5. The molecule has 0 spiro atoms. The van der Waals surface area contributed by atoms with E-state index in [-0.39, 0.29) is 30.8 Å². The van der Waals surface area contributed by atoms with E-state index in [2.05, 4.69) is 5.32 Å². The molecule has 0 bridgehead atoms. The van der Waals surface area contributed by atoms with Crippen LogP contribution in [0.15, 0.2) is 72.8 Å². The van der Waals surface area contributed by atoms with Crippen LogP contribution in [0.3, 0.4) is 0 Å². The Morgan fingerprint density at radius 3 is 2.22 bits per heavy atom. The van der Waals surface area contributed by atoms with Gasteiger partial charge < -0.3 is 10.2 Å². The highest BCUT2D eigenvalue weighted by Crippen LogP contribution is 2.28. The van der Waals surface area contributed by atoms with E-state index in [0.29, 0.717) is 22.0 Å². The number of hydrogen-bond acceptors (Lipinski definition) is 2. The first kappa shape index (κ1) is 26.2. The average molecular weight is 524 g/mol. The molecule has 1 aliphatic rings. The number of nitrogens with one attached hydrogen (secondary N) is 1. The number of rotatable bonds is 9. The predicted molar refractivity (Wildman–Crippen MR) is 146 cm³/mol. The molecule has 4 nitrogen and oxygen atoms in total. The van der Waals surface area contributed by atoms with Gasteiger partial charge in [-0.15, -0.1) is 0 Å². The van der Waals surface area contributed by atoms with Gasteiger partial charge >= 0.3 is 0 Å². The molecule has 2 amide bonds. The number of carbonyl (C=O) groups excluding carboxylic acids is 2. The molecule has 1 fully saturated rings. The van der Waals surface area contributed by atoms with Crippen molar-refractivity contribution >= 4 is 35.0 Å². The second-order valence-electron chi connectivity index (χ2n) is 9.58. The van der Waals surface area contributed by atoms with E-state index >= 15 is 0 Å². The van der Waals surface area contributed by atoms with Crippen molar-refractivity contribution in [2.75, 3.05) is 0 Å². The number of carbonyl (C=O) groups is 2. The fraction of sp³-hybridized carbons (Fsp3) is 0.333. The Kier molecular flexibility index (Phi) is 9.06. The van der Waals surface area contributed by atoms with E-state index in [9.17, 15) is 9.59 Å². The molecule has 4 rings (SSSR count). The summed E-state index contributed by atoms with van der Waals surface area (Å²) in [5, 5.41) is 4.18. The molecular weight excluding hydrogens is 491 g/mol. The SMILES string of the molecule is Cc1cccc(CC(=O)N(Cc2c(Cl)cccc2Cl)[C@@H](Cc2ccccc2)C(=O)NC2CCCC2)c1. The predicted octanol–water partition coefficient (Wildman–Crippen LogP) is 6.54. The quantitative estimate of drug-likeness (QED) is 0.346. The number of benzene rings is 3. The summed E-state index contributed by atoms with van der Waals surface area (Å²) < 4.78 is 0. The van der Waals surface area contributed by atoms with Gasteiger partial charge in [-0.05, 0) is 43.0 Å². The van der Waals surface area contributed by atoms with Crippen LogP contribution < -0.4 is 5.32 Å². The van der Waals surface area contributed by atoms with Crippen molar-refractivity contribution in [1.82, 2.24) is 10.2 Å². The molecule has 36 heavy (non-hydrogen) atoms. The molecule has 0 heterocycles. The minimum atomic E-state index is -0.697. The van der Waals surface area contributed by atoms with E-state index in [0.717, 1.165) is 42.4 Å². The molecule has 0 unspecified atom stereocenters. The van der Waals surface area contributed by atoms with Crippen LogP contribution in [0, 0.1) is 6.92 Å².